The maximum Gasteiger partial charge on any atom is 0.127 e. The van der Waals surface area contributed by atoms with Crippen molar-refractivity contribution < 1.29 is 0 Å². The van der Waals surface area contributed by atoms with E-state index in [9.17, 15) is 0 Å². The molecule has 2 rings (SSSR count). The summed E-state index contributed by atoms with van der Waals surface area (Å²) in [5.41, 5.74) is 8.47. The predicted octanol–water partition coefficient (Wildman–Crippen LogP) is 3.27. The normalized spacial score (nSPS) is 13.8. The minimum absolute atomic E-state index is 0.00944. The quantitative estimate of drug-likeness (QED) is 0.881. The number of hydrogen-bond acceptors (Lipinski definition) is 2. The molecule has 0 unspecified atom stereocenters. The van der Waals surface area contributed by atoms with E-state index in [4.69, 9.17) is 10.7 Å². The molecule has 17 heavy (non-hydrogen) atoms. The van der Waals surface area contributed by atoms with Crippen molar-refractivity contribution in [3.05, 3.63) is 30.1 Å². The molecular formula is C14H21N3. The molecule has 1 atom stereocenters. The Balaban J connectivity index is 2.66. The molecule has 3 nitrogen and oxygen atoms in total. The fourth-order valence-corrected chi connectivity index (χ4v) is 2.14. The third-order valence-electron chi connectivity index (χ3n) is 3.16. The van der Waals surface area contributed by atoms with Gasteiger partial charge in [0.05, 0.1) is 17.1 Å². The highest BCUT2D eigenvalue weighted by Gasteiger charge is 2.20. The molecule has 0 saturated carbocycles. The topological polar surface area (TPSA) is 43.8 Å². The van der Waals surface area contributed by atoms with Gasteiger partial charge in [-0.2, -0.15) is 0 Å². The van der Waals surface area contributed by atoms with Crippen LogP contribution in [-0.4, -0.2) is 9.55 Å². The van der Waals surface area contributed by atoms with Gasteiger partial charge in [0.2, 0.25) is 0 Å². The van der Waals surface area contributed by atoms with Crippen LogP contribution in [0.15, 0.2) is 24.3 Å². The highest BCUT2D eigenvalue weighted by molar-refractivity contribution is 5.76. The van der Waals surface area contributed by atoms with Crippen LogP contribution in [0.3, 0.4) is 0 Å². The second-order valence-electron chi connectivity index (χ2n) is 5.19. The Kier molecular flexibility index (Phi) is 3.20. The molecule has 0 aliphatic heterocycles. The van der Waals surface area contributed by atoms with E-state index in [1.165, 1.54) is 5.52 Å². The number of benzene rings is 1. The maximum absolute atomic E-state index is 6.26. The van der Waals surface area contributed by atoms with E-state index in [1.54, 1.807) is 0 Å². The third kappa shape index (κ3) is 2.07. The second-order valence-corrected chi connectivity index (χ2v) is 5.19. The Morgan fingerprint density at radius 2 is 1.76 bits per heavy atom. The van der Waals surface area contributed by atoms with Crippen molar-refractivity contribution in [2.24, 2.45) is 11.7 Å². The number of imidazole rings is 1. The molecule has 3 heteroatoms. The fraction of sp³-hybridized carbons (Fsp3) is 0.500. The van der Waals surface area contributed by atoms with Gasteiger partial charge in [0.25, 0.3) is 0 Å². The number of fused-ring (bicyclic) bond motifs is 1. The van der Waals surface area contributed by atoms with Gasteiger partial charge in [-0.25, -0.2) is 4.98 Å². The van der Waals surface area contributed by atoms with E-state index < -0.39 is 0 Å². The largest absolute Gasteiger partial charge is 0.324 e. The molecule has 0 amide bonds. The summed E-state index contributed by atoms with van der Waals surface area (Å²) >= 11 is 0. The van der Waals surface area contributed by atoms with E-state index in [-0.39, 0.29) is 6.04 Å². The van der Waals surface area contributed by atoms with E-state index in [0.717, 1.165) is 11.3 Å². The average Bonchev–Trinajstić information content (AvgIpc) is 2.66. The summed E-state index contributed by atoms with van der Waals surface area (Å²) in [6.45, 7) is 8.61. The van der Waals surface area contributed by atoms with Crippen molar-refractivity contribution >= 4 is 11.0 Å². The van der Waals surface area contributed by atoms with Crippen LogP contribution in [0.2, 0.25) is 0 Å². The maximum atomic E-state index is 6.26. The van der Waals surface area contributed by atoms with Crippen LogP contribution in [0.25, 0.3) is 11.0 Å². The third-order valence-corrected chi connectivity index (χ3v) is 3.16. The standard InChI is InChI=1S/C14H21N3/c1-9(2)13(15)14-16-11-7-5-6-8-12(11)17(14)10(3)4/h5-10,13H,15H2,1-4H3/t13-/m1/s1. The molecule has 2 aromatic rings. The molecule has 1 aromatic heterocycles. The first-order chi connectivity index (χ1) is 8.02. The molecule has 0 spiro atoms. The zero-order valence-corrected chi connectivity index (χ0v) is 11.0. The van der Waals surface area contributed by atoms with E-state index in [1.807, 2.05) is 18.2 Å². The van der Waals surface area contributed by atoms with Crippen molar-refractivity contribution in [3.8, 4) is 0 Å². The number of para-hydroxylation sites is 2. The summed E-state index contributed by atoms with van der Waals surface area (Å²) in [6, 6.07) is 8.59. The van der Waals surface area contributed by atoms with Crippen LogP contribution < -0.4 is 5.73 Å². The molecule has 1 aromatic carbocycles. The van der Waals surface area contributed by atoms with Gasteiger partial charge in [-0.1, -0.05) is 26.0 Å². The van der Waals surface area contributed by atoms with Gasteiger partial charge in [0, 0.05) is 6.04 Å². The first-order valence-corrected chi connectivity index (χ1v) is 6.24. The number of nitrogens with zero attached hydrogens (tertiary/aromatic N) is 2. The van der Waals surface area contributed by atoms with Gasteiger partial charge in [-0.05, 0) is 31.9 Å². The summed E-state index contributed by atoms with van der Waals surface area (Å²) in [4.78, 5) is 4.69. The minimum atomic E-state index is -0.00944. The van der Waals surface area contributed by atoms with Crippen LogP contribution >= 0.6 is 0 Å². The molecule has 0 fully saturated rings. The Labute approximate surface area is 103 Å². The minimum Gasteiger partial charge on any atom is -0.324 e. The van der Waals surface area contributed by atoms with Crippen molar-refractivity contribution in [2.75, 3.05) is 0 Å². The molecular weight excluding hydrogens is 210 g/mol. The van der Waals surface area contributed by atoms with Crippen molar-refractivity contribution in [1.82, 2.24) is 9.55 Å². The van der Waals surface area contributed by atoms with Gasteiger partial charge in [0.15, 0.2) is 0 Å². The molecule has 0 aliphatic rings. The van der Waals surface area contributed by atoms with Gasteiger partial charge in [0.1, 0.15) is 5.82 Å². The van der Waals surface area contributed by atoms with Crippen LogP contribution in [0, 0.1) is 5.92 Å². The SMILES string of the molecule is CC(C)[C@@H](N)c1nc2ccccc2n1C(C)C. The Hall–Kier alpha value is -1.35. The summed E-state index contributed by atoms with van der Waals surface area (Å²) in [7, 11) is 0. The zero-order valence-electron chi connectivity index (χ0n) is 11.0. The molecule has 0 bridgehead atoms. The smallest absolute Gasteiger partial charge is 0.127 e. The first kappa shape index (κ1) is 12.1. The van der Waals surface area contributed by atoms with Crippen molar-refractivity contribution in [2.45, 2.75) is 39.8 Å². The van der Waals surface area contributed by atoms with Crippen LogP contribution in [-0.2, 0) is 0 Å². The van der Waals surface area contributed by atoms with Gasteiger partial charge < -0.3 is 10.3 Å². The van der Waals surface area contributed by atoms with Gasteiger partial charge in [-0.3, -0.25) is 0 Å². The molecule has 0 saturated heterocycles. The fourth-order valence-electron chi connectivity index (χ4n) is 2.14. The van der Waals surface area contributed by atoms with E-state index in [0.29, 0.717) is 12.0 Å². The van der Waals surface area contributed by atoms with Crippen molar-refractivity contribution in [1.29, 1.82) is 0 Å². The zero-order chi connectivity index (χ0) is 12.6. The summed E-state index contributed by atoms with van der Waals surface area (Å²) in [5, 5.41) is 0. The second kappa shape index (κ2) is 4.49. The van der Waals surface area contributed by atoms with Crippen molar-refractivity contribution in [3.63, 3.8) is 0 Å². The lowest BCUT2D eigenvalue weighted by molar-refractivity contribution is 0.453. The first-order valence-electron chi connectivity index (χ1n) is 6.24. The Morgan fingerprint density at radius 3 is 2.35 bits per heavy atom. The van der Waals surface area contributed by atoms with Crippen LogP contribution in [0.1, 0.15) is 45.6 Å². The van der Waals surface area contributed by atoms with Gasteiger partial charge in [-0.15, -0.1) is 0 Å². The lowest BCUT2D eigenvalue weighted by atomic mass is 10.0. The van der Waals surface area contributed by atoms with E-state index in [2.05, 4.69) is 38.3 Å². The summed E-state index contributed by atoms with van der Waals surface area (Å²) in [5.74, 6) is 1.39. The highest BCUT2D eigenvalue weighted by Crippen LogP contribution is 2.26. The number of hydrogen-bond donors (Lipinski definition) is 1. The van der Waals surface area contributed by atoms with Crippen LogP contribution in [0.4, 0.5) is 0 Å². The Bertz CT molecular complexity index is 511. The number of nitrogens with two attached hydrogens (primary N) is 1. The monoisotopic (exact) mass is 231 g/mol. The Morgan fingerprint density at radius 1 is 1.12 bits per heavy atom. The van der Waals surface area contributed by atoms with Crippen LogP contribution in [0.5, 0.6) is 0 Å². The summed E-state index contributed by atoms with van der Waals surface area (Å²) in [6.07, 6.45) is 0. The lowest BCUT2D eigenvalue weighted by Crippen LogP contribution is -2.22. The predicted molar refractivity (Wildman–Crippen MR) is 71.9 cm³/mol. The molecule has 1 heterocycles. The van der Waals surface area contributed by atoms with E-state index >= 15 is 0 Å². The number of rotatable bonds is 3. The molecule has 0 radical (unpaired) electrons. The van der Waals surface area contributed by atoms with Gasteiger partial charge >= 0.3 is 0 Å². The molecule has 2 N–H and O–H groups in total. The molecule has 92 valence electrons. The number of aromatic nitrogens is 2. The lowest BCUT2D eigenvalue weighted by Gasteiger charge is -2.19. The summed E-state index contributed by atoms with van der Waals surface area (Å²) < 4.78 is 2.25. The molecule has 0 aliphatic carbocycles. The highest BCUT2D eigenvalue weighted by atomic mass is 15.1. The average molecular weight is 231 g/mol.